The van der Waals surface area contributed by atoms with Crippen molar-refractivity contribution in [2.45, 2.75) is 13.3 Å². The van der Waals surface area contributed by atoms with Gasteiger partial charge >= 0.3 is 0 Å². The molecule has 2 N–H and O–H groups in total. The molecule has 28 heavy (non-hydrogen) atoms. The molecule has 0 saturated carbocycles. The minimum Gasteiger partial charge on any atom is -0.507 e. The molecule has 0 aliphatic rings. The van der Waals surface area contributed by atoms with Crippen LogP contribution in [-0.4, -0.2) is 21.4 Å². The first-order valence-electron chi connectivity index (χ1n) is 8.79. The number of halogens is 1. The predicted octanol–water partition coefficient (Wildman–Crippen LogP) is 5.98. The number of phenolic OH excluding ortho intramolecular Hbond substituents is 2. The third kappa shape index (κ3) is 3.64. The van der Waals surface area contributed by atoms with Gasteiger partial charge in [0.2, 0.25) is 5.89 Å². The standard InChI is InChI=1S/C22H17BrN2O3/c1-2-13-3-8-21-18(9-13)25-22(28-21)17-11-16(5-7-20(17)27)24-12-14-10-15(23)4-6-19(14)26/h3-12,26-27H,2H2,1H3. The molecule has 0 atom stereocenters. The van der Waals surface area contributed by atoms with Crippen LogP contribution in [0.25, 0.3) is 22.6 Å². The molecule has 4 rings (SSSR count). The van der Waals surface area contributed by atoms with E-state index in [1.54, 1.807) is 42.6 Å². The Morgan fingerprint density at radius 2 is 1.86 bits per heavy atom. The molecule has 0 aliphatic carbocycles. The number of nitrogens with zero attached hydrogens (tertiary/aromatic N) is 2. The lowest BCUT2D eigenvalue weighted by atomic mass is 10.1. The molecule has 5 nitrogen and oxygen atoms in total. The highest BCUT2D eigenvalue weighted by Gasteiger charge is 2.13. The van der Waals surface area contributed by atoms with Crippen LogP contribution in [0.1, 0.15) is 18.1 Å². The van der Waals surface area contributed by atoms with E-state index >= 15 is 0 Å². The molecule has 4 aromatic rings. The van der Waals surface area contributed by atoms with Crippen LogP contribution in [0.4, 0.5) is 5.69 Å². The maximum Gasteiger partial charge on any atom is 0.231 e. The summed E-state index contributed by atoms with van der Waals surface area (Å²) in [5.41, 5.74) is 4.23. The van der Waals surface area contributed by atoms with Crippen molar-refractivity contribution >= 4 is 38.9 Å². The highest BCUT2D eigenvalue weighted by Crippen LogP contribution is 2.34. The SMILES string of the molecule is CCc1ccc2oc(-c3cc(N=Cc4cc(Br)ccc4O)ccc3O)nc2c1. The summed E-state index contributed by atoms with van der Waals surface area (Å²) in [4.78, 5) is 8.91. The second-order valence-corrected chi connectivity index (χ2v) is 7.25. The summed E-state index contributed by atoms with van der Waals surface area (Å²) in [5, 5.41) is 20.2. The van der Waals surface area contributed by atoms with Crippen molar-refractivity contribution in [1.82, 2.24) is 4.98 Å². The van der Waals surface area contributed by atoms with Gasteiger partial charge in [-0.1, -0.05) is 28.9 Å². The third-order valence-electron chi connectivity index (χ3n) is 4.41. The van der Waals surface area contributed by atoms with Gasteiger partial charge in [0, 0.05) is 16.3 Å². The maximum absolute atomic E-state index is 10.3. The first-order chi connectivity index (χ1) is 13.5. The average Bonchev–Trinajstić information content (AvgIpc) is 3.12. The summed E-state index contributed by atoms with van der Waals surface area (Å²) in [6.45, 7) is 2.08. The molecule has 0 fully saturated rings. The molecule has 1 aromatic heterocycles. The van der Waals surface area contributed by atoms with Crippen LogP contribution < -0.4 is 0 Å². The fraction of sp³-hybridized carbons (Fsp3) is 0.0909. The summed E-state index contributed by atoms with van der Waals surface area (Å²) >= 11 is 3.37. The normalized spacial score (nSPS) is 11.5. The molecule has 0 amide bonds. The van der Waals surface area contributed by atoms with Gasteiger partial charge < -0.3 is 14.6 Å². The molecule has 0 aliphatic heterocycles. The lowest BCUT2D eigenvalue weighted by Gasteiger charge is -2.02. The zero-order valence-electron chi connectivity index (χ0n) is 15.1. The van der Waals surface area contributed by atoms with E-state index < -0.39 is 0 Å². The number of phenols is 2. The quantitative estimate of drug-likeness (QED) is 0.385. The number of aryl methyl sites for hydroxylation is 1. The Balaban J connectivity index is 1.71. The first kappa shape index (κ1) is 18.3. The van der Waals surface area contributed by atoms with Gasteiger partial charge in [0.15, 0.2) is 5.58 Å². The van der Waals surface area contributed by atoms with Crippen molar-refractivity contribution in [1.29, 1.82) is 0 Å². The maximum atomic E-state index is 10.3. The molecule has 1 heterocycles. The van der Waals surface area contributed by atoms with Crippen LogP contribution in [0.2, 0.25) is 0 Å². The van der Waals surface area contributed by atoms with Gasteiger partial charge in [0.05, 0.1) is 11.3 Å². The van der Waals surface area contributed by atoms with Gasteiger partial charge in [-0.2, -0.15) is 0 Å². The first-order valence-corrected chi connectivity index (χ1v) is 9.58. The molecule has 0 radical (unpaired) electrons. The van der Waals surface area contributed by atoms with E-state index in [2.05, 4.69) is 32.8 Å². The van der Waals surface area contributed by atoms with Gasteiger partial charge in [0.1, 0.15) is 17.0 Å². The van der Waals surface area contributed by atoms with E-state index in [1.807, 2.05) is 18.2 Å². The summed E-state index contributed by atoms with van der Waals surface area (Å²) < 4.78 is 6.66. The third-order valence-corrected chi connectivity index (χ3v) is 4.91. The number of aliphatic imine (C=N–C) groups is 1. The van der Waals surface area contributed by atoms with Crippen molar-refractivity contribution in [2.75, 3.05) is 0 Å². The summed E-state index contributed by atoms with van der Waals surface area (Å²) in [6, 6.07) is 15.9. The molecule has 3 aromatic carbocycles. The molecule has 0 unspecified atom stereocenters. The number of aromatic hydroxyl groups is 2. The Bertz CT molecular complexity index is 1200. The van der Waals surface area contributed by atoms with Crippen LogP contribution in [0.5, 0.6) is 11.5 Å². The number of fused-ring (bicyclic) bond motifs is 1. The van der Waals surface area contributed by atoms with Gasteiger partial charge in [-0.15, -0.1) is 0 Å². The van der Waals surface area contributed by atoms with E-state index in [1.165, 1.54) is 5.56 Å². The molecular weight excluding hydrogens is 420 g/mol. The van der Waals surface area contributed by atoms with Crippen LogP contribution in [0.15, 0.2) is 68.5 Å². The van der Waals surface area contributed by atoms with Crippen LogP contribution >= 0.6 is 15.9 Å². The fourth-order valence-electron chi connectivity index (χ4n) is 2.86. The van der Waals surface area contributed by atoms with Gasteiger partial charge in [-0.25, -0.2) is 4.98 Å². The van der Waals surface area contributed by atoms with E-state index in [9.17, 15) is 10.2 Å². The Labute approximate surface area is 170 Å². The summed E-state index contributed by atoms with van der Waals surface area (Å²) in [6.07, 6.45) is 2.48. The summed E-state index contributed by atoms with van der Waals surface area (Å²) in [7, 11) is 0. The minimum absolute atomic E-state index is 0.0616. The Hall–Kier alpha value is -3.12. The minimum atomic E-state index is 0.0616. The van der Waals surface area contributed by atoms with Gasteiger partial charge in [0.25, 0.3) is 0 Å². The largest absolute Gasteiger partial charge is 0.507 e. The number of hydrogen-bond donors (Lipinski definition) is 2. The highest BCUT2D eigenvalue weighted by molar-refractivity contribution is 9.10. The molecule has 6 heteroatoms. The van der Waals surface area contributed by atoms with Crippen LogP contribution in [-0.2, 0) is 6.42 Å². The number of hydrogen-bond acceptors (Lipinski definition) is 5. The Kier molecular flexibility index (Phi) is 4.88. The van der Waals surface area contributed by atoms with Crippen molar-refractivity contribution in [3.63, 3.8) is 0 Å². The van der Waals surface area contributed by atoms with Crippen molar-refractivity contribution in [2.24, 2.45) is 4.99 Å². The molecular formula is C22H17BrN2O3. The van der Waals surface area contributed by atoms with Gasteiger partial charge in [-0.3, -0.25) is 4.99 Å². The number of benzene rings is 3. The molecule has 0 bridgehead atoms. The van der Waals surface area contributed by atoms with Crippen LogP contribution in [0, 0.1) is 0 Å². The van der Waals surface area contributed by atoms with Gasteiger partial charge in [-0.05, 0) is 60.5 Å². The molecule has 140 valence electrons. The second-order valence-electron chi connectivity index (χ2n) is 6.34. The smallest absolute Gasteiger partial charge is 0.231 e. The number of oxazole rings is 1. The number of rotatable bonds is 4. The van der Waals surface area contributed by atoms with E-state index in [-0.39, 0.29) is 11.5 Å². The predicted molar refractivity (Wildman–Crippen MR) is 114 cm³/mol. The Morgan fingerprint density at radius 3 is 2.68 bits per heavy atom. The van der Waals surface area contributed by atoms with E-state index in [4.69, 9.17) is 4.42 Å². The van der Waals surface area contributed by atoms with E-state index in [0.717, 1.165) is 16.4 Å². The molecule has 0 saturated heterocycles. The van der Waals surface area contributed by atoms with Crippen LogP contribution in [0.3, 0.4) is 0 Å². The monoisotopic (exact) mass is 436 g/mol. The Morgan fingerprint density at radius 1 is 1.04 bits per heavy atom. The number of aromatic nitrogens is 1. The highest BCUT2D eigenvalue weighted by atomic mass is 79.9. The van der Waals surface area contributed by atoms with Crippen molar-refractivity contribution in [3.8, 4) is 23.0 Å². The molecule has 0 spiro atoms. The van der Waals surface area contributed by atoms with Crippen molar-refractivity contribution in [3.05, 3.63) is 70.2 Å². The summed E-state index contributed by atoms with van der Waals surface area (Å²) in [5.74, 6) is 0.534. The average molecular weight is 437 g/mol. The topological polar surface area (TPSA) is 78.9 Å². The fourth-order valence-corrected chi connectivity index (χ4v) is 3.24. The second kappa shape index (κ2) is 7.48. The zero-order chi connectivity index (χ0) is 19.7. The lowest BCUT2D eigenvalue weighted by molar-refractivity contribution is 0.473. The lowest BCUT2D eigenvalue weighted by Crippen LogP contribution is -1.83. The van der Waals surface area contributed by atoms with Crippen molar-refractivity contribution < 1.29 is 14.6 Å². The van der Waals surface area contributed by atoms with E-state index in [0.29, 0.717) is 28.3 Å². The zero-order valence-corrected chi connectivity index (χ0v) is 16.6.